The molecule has 86 valence electrons. The Kier molecular flexibility index (Phi) is 3.24. The fraction of sp³-hybridized carbons (Fsp3) is 0.286. The minimum atomic E-state index is 0.676. The molecule has 0 fully saturated rings. The zero-order valence-corrected chi connectivity index (χ0v) is 10.1. The molecule has 17 heavy (non-hydrogen) atoms. The lowest BCUT2D eigenvalue weighted by atomic mass is 10.2. The summed E-state index contributed by atoms with van der Waals surface area (Å²) in [5.41, 5.74) is 3.99. The fourth-order valence-electron chi connectivity index (χ4n) is 1.80. The van der Waals surface area contributed by atoms with Crippen LogP contribution in [0.5, 0.6) is 0 Å². The van der Waals surface area contributed by atoms with Gasteiger partial charge in [0.05, 0.1) is 23.0 Å². The third kappa shape index (κ3) is 2.21. The van der Waals surface area contributed by atoms with Crippen molar-refractivity contribution in [3.8, 4) is 11.8 Å². The summed E-state index contributed by atoms with van der Waals surface area (Å²) >= 11 is 0. The number of rotatable bonds is 3. The summed E-state index contributed by atoms with van der Waals surface area (Å²) in [4.78, 5) is 0. The van der Waals surface area contributed by atoms with Crippen molar-refractivity contribution in [1.82, 2.24) is 9.78 Å². The molecule has 1 heterocycles. The van der Waals surface area contributed by atoms with Gasteiger partial charge in [-0.1, -0.05) is 13.8 Å². The predicted octanol–water partition coefficient (Wildman–Crippen LogP) is 2.87. The Morgan fingerprint density at radius 1 is 1.18 bits per heavy atom. The van der Waals surface area contributed by atoms with Crippen LogP contribution in [0, 0.1) is 11.3 Å². The van der Waals surface area contributed by atoms with Crippen LogP contribution in [0.4, 0.5) is 0 Å². The molecule has 0 aliphatic heterocycles. The first-order valence-corrected chi connectivity index (χ1v) is 5.86. The van der Waals surface area contributed by atoms with Crippen molar-refractivity contribution in [3.05, 3.63) is 47.3 Å². The van der Waals surface area contributed by atoms with Crippen molar-refractivity contribution < 1.29 is 0 Å². The van der Waals surface area contributed by atoms with Crippen molar-refractivity contribution in [2.24, 2.45) is 0 Å². The van der Waals surface area contributed by atoms with Gasteiger partial charge in [0.1, 0.15) is 0 Å². The number of nitriles is 1. The topological polar surface area (TPSA) is 41.6 Å². The Morgan fingerprint density at radius 3 is 2.41 bits per heavy atom. The molecule has 0 aliphatic rings. The molecule has 2 aromatic rings. The van der Waals surface area contributed by atoms with Crippen molar-refractivity contribution in [1.29, 1.82) is 5.26 Å². The highest BCUT2D eigenvalue weighted by Crippen LogP contribution is 2.14. The van der Waals surface area contributed by atoms with Gasteiger partial charge in [-0.2, -0.15) is 10.4 Å². The molecule has 0 saturated carbocycles. The SMILES string of the molecule is CCc1cc(CC)n(-c2ccc(C#N)cc2)n1. The molecule has 0 bridgehead atoms. The summed E-state index contributed by atoms with van der Waals surface area (Å²) in [6, 6.07) is 11.8. The van der Waals surface area contributed by atoms with Gasteiger partial charge in [-0.15, -0.1) is 0 Å². The van der Waals surface area contributed by atoms with Crippen molar-refractivity contribution >= 4 is 0 Å². The second-order valence-electron chi connectivity index (χ2n) is 3.90. The zero-order chi connectivity index (χ0) is 12.3. The van der Waals surface area contributed by atoms with E-state index in [1.807, 2.05) is 28.9 Å². The Balaban J connectivity index is 2.44. The highest BCUT2D eigenvalue weighted by atomic mass is 15.3. The van der Waals surface area contributed by atoms with E-state index in [0.29, 0.717) is 5.56 Å². The lowest BCUT2D eigenvalue weighted by Gasteiger charge is -2.05. The largest absolute Gasteiger partial charge is 0.238 e. The quantitative estimate of drug-likeness (QED) is 0.806. The van der Waals surface area contributed by atoms with Gasteiger partial charge in [0.15, 0.2) is 0 Å². The highest BCUT2D eigenvalue weighted by Gasteiger charge is 2.06. The summed E-state index contributed by atoms with van der Waals surface area (Å²) in [6.45, 7) is 4.22. The summed E-state index contributed by atoms with van der Waals surface area (Å²) in [5.74, 6) is 0. The van der Waals surface area contributed by atoms with E-state index in [0.717, 1.165) is 24.2 Å². The Bertz CT molecular complexity index is 544. The smallest absolute Gasteiger partial charge is 0.0991 e. The van der Waals surface area contributed by atoms with Crippen LogP contribution in [0.15, 0.2) is 30.3 Å². The third-order valence-electron chi connectivity index (χ3n) is 2.80. The van der Waals surface area contributed by atoms with Gasteiger partial charge in [0, 0.05) is 5.69 Å². The van der Waals surface area contributed by atoms with Crippen LogP contribution in [-0.4, -0.2) is 9.78 Å². The summed E-state index contributed by atoms with van der Waals surface area (Å²) < 4.78 is 1.96. The average molecular weight is 225 g/mol. The van der Waals surface area contributed by atoms with E-state index in [-0.39, 0.29) is 0 Å². The van der Waals surface area contributed by atoms with Gasteiger partial charge in [-0.25, -0.2) is 4.68 Å². The lowest BCUT2D eigenvalue weighted by molar-refractivity contribution is 0.794. The number of aromatic nitrogens is 2. The fourth-order valence-corrected chi connectivity index (χ4v) is 1.80. The Labute approximate surface area is 101 Å². The van der Waals surface area contributed by atoms with E-state index in [1.54, 1.807) is 0 Å². The van der Waals surface area contributed by atoms with Crippen LogP contribution >= 0.6 is 0 Å². The normalized spacial score (nSPS) is 10.2. The molecule has 3 nitrogen and oxygen atoms in total. The molecule has 0 aliphatic carbocycles. The minimum Gasteiger partial charge on any atom is -0.238 e. The lowest BCUT2D eigenvalue weighted by Crippen LogP contribution is -2.01. The maximum absolute atomic E-state index is 8.77. The molecule has 0 radical (unpaired) electrons. The first-order valence-electron chi connectivity index (χ1n) is 5.86. The van der Waals surface area contributed by atoms with E-state index in [2.05, 4.69) is 31.1 Å². The first-order chi connectivity index (χ1) is 8.28. The maximum Gasteiger partial charge on any atom is 0.0991 e. The van der Waals surface area contributed by atoms with Gasteiger partial charge in [-0.3, -0.25) is 0 Å². The summed E-state index contributed by atoms with van der Waals surface area (Å²) in [7, 11) is 0. The molecule has 0 amide bonds. The van der Waals surface area contributed by atoms with Crippen LogP contribution in [-0.2, 0) is 12.8 Å². The van der Waals surface area contributed by atoms with E-state index < -0.39 is 0 Å². The minimum absolute atomic E-state index is 0.676. The van der Waals surface area contributed by atoms with E-state index in [1.165, 1.54) is 5.69 Å². The van der Waals surface area contributed by atoms with Crippen LogP contribution in [0.25, 0.3) is 5.69 Å². The van der Waals surface area contributed by atoms with E-state index >= 15 is 0 Å². The molecule has 0 unspecified atom stereocenters. The predicted molar refractivity (Wildman–Crippen MR) is 67.0 cm³/mol. The highest BCUT2D eigenvalue weighted by molar-refractivity contribution is 5.40. The van der Waals surface area contributed by atoms with Gasteiger partial charge >= 0.3 is 0 Å². The molecular weight excluding hydrogens is 210 g/mol. The molecule has 0 spiro atoms. The van der Waals surface area contributed by atoms with E-state index in [4.69, 9.17) is 5.26 Å². The van der Waals surface area contributed by atoms with Crippen LogP contribution in [0.3, 0.4) is 0 Å². The van der Waals surface area contributed by atoms with Crippen LogP contribution in [0.2, 0.25) is 0 Å². The Hall–Kier alpha value is -2.08. The molecule has 1 aromatic carbocycles. The third-order valence-corrected chi connectivity index (χ3v) is 2.80. The second kappa shape index (κ2) is 4.84. The average Bonchev–Trinajstić information content (AvgIpc) is 2.82. The molecule has 0 saturated heterocycles. The number of nitrogens with zero attached hydrogens (tertiary/aromatic N) is 3. The molecule has 3 heteroatoms. The van der Waals surface area contributed by atoms with Gasteiger partial charge in [-0.05, 0) is 43.2 Å². The van der Waals surface area contributed by atoms with Crippen LogP contribution < -0.4 is 0 Å². The van der Waals surface area contributed by atoms with Crippen molar-refractivity contribution in [3.63, 3.8) is 0 Å². The number of benzene rings is 1. The number of hydrogen-bond acceptors (Lipinski definition) is 2. The van der Waals surface area contributed by atoms with Crippen LogP contribution in [0.1, 0.15) is 30.8 Å². The number of aryl methyl sites for hydroxylation is 2. The van der Waals surface area contributed by atoms with Gasteiger partial charge in [0.2, 0.25) is 0 Å². The van der Waals surface area contributed by atoms with Crippen molar-refractivity contribution in [2.75, 3.05) is 0 Å². The van der Waals surface area contributed by atoms with Crippen molar-refractivity contribution in [2.45, 2.75) is 26.7 Å². The molecule has 2 rings (SSSR count). The second-order valence-corrected chi connectivity index (χ2v) is 3.90. The molecule has 0 N–H and O–H groups in total. The summed E-state index contributed by atoms with van der Waals surface area (Å²) in [6.07, 6.45) is 1.89. The number of hydrogen-bond donors (Lipinski definition) is 0. The molecule has 0 atom stereocenters. The van der Waals surface area contributed by atoms with Gasteiger partial charge in [0.25, 0.3) is 0 Å². The Morgan fingerprint density at radius 2 is 1.88 bits per heavy atom. The molecule has 1 aromatic heterocycles. The van der Waals surface area contributed by atoms with Gasteiger partial charge < -0.3 is 0 Å². The standard InChI is InChI=1S/C14H15N3/c1-3-12-9-13(4-2)17(16-12)14-7-5-11(10-15)6-8-14/h5-9H,3-4H2,1-2H3. The maximum atomic E-state index is 8.77. The first kappa shape index (κ1) is 11.4. The monoisotopic (exact) mass is 225 g/mol. The zero-order valence-electron chi connectivity index (χ0n) is 10.1. The van der Waals surface area contributed by atoms with E-state index in [9.17, 15) is 0 Å². The summed E-state index contributed by atoms with van der Waals surface area (Å²) in [5, 5.41) is 13.3. The molecular formula is C14H15N3.